The van der Waals surface area contributed by atoms with Crippen molar-refractivity contribution in [1.29, 1.82) is 0 Å². The van der Waals surface area contributed by atoms with Gasteiger partial charge in [-0.2, -0.15) is 0 Å². The van der Waals surface area contributed by atoms with Crippen LogP contribution in [0.25, 0.3) is 10.9 Å². The summed E-state index contributed by atoms with van der Waals surface area (Å²) in [5, 5.41) is 3.27. The summed E-state index contributed by atoms with van der Waals surface area (Å²) in [7, 11) is 4.92. The molecule has 1 unspecified atom stereocenters. The Hall–Kier alpha value is -2.61. The standard InChI is InChI=1S/C17H24N4O4/c1-10(2)18-16(22)9-21(3)8-15-19-12-7-14(25-5)13(24-4)6-11(12)17(23)20-15/h6-7,10H,8-9H2,1-5H3,(H,18,22)(H,19,20,23)/p+1. The van der Waals surface area contributed by atoms with Gasteiger partial charge in [0, 0.05) is 12.1 Å². The smallest absolute Gasteiger partial charge is 0.275 e. The van der Waals surface area contributed by atoms with Gasteiger partial charge < -0.3 is 24.7 Å². The Morgan fingerprint density at radius 3 is 2.52 bits per heavy atom. The molecule has 0 spiro atoms. The van der Waals surface area contributed by atoms with Crippen LogP contribution in [0.5, 0.6) is 11.5 Å². The minimum atomic E-state index is -0.250. The molecule has 1 atom stereocenters. The molecule has 8 nitrogen and oxygen atoms in total. The van der Waals surface area contributed by atoms with Crippen LogP contribution in [0.2, 0.25) is 0 Å². The van der Waals surface area contributed by atoms with Crippen molar-refractivity contribution < 1.29 is 19.2 Å². The second-order valence-electron chi connectivity index (χ2n) is 6.27. The van der Waals surface area contributed by atoms with E-state index in [1.54, 1.807) is 12.1 Å². The van der Waals surface area contributed by atoms with E-state index in [-0.39, 0.29) is 17.5 Å². The van der Waals surface area contributed by atoms with Gasteiger partial charge in [0.15, 0.2) is 23.9 Å². The molecule has 0 radical (unpaired) electrons. The van der Waals surface area contributed by atoms with Crippen LogP contribution in [0.4, 0.5) is 0 Å². The molecule has 1 amide bonds. The van der Waals surface area contributed by atoms with Crippen LogP contribution in [-0.2, 0) is 11.3 Å². The number of hydrogen-bond acceptors (Lipinski definition) is 5. The van der Waals surface area contributed by atoms with Gasteiger partial charge in [-0.25, -0.2) is 4.98 Å². The van der Waals surface area contributed by atoms with Gasteiger partial charge in [0.25, 0.3) is 11.5 Å². The van der Waals surface area contributed by atoms with Gasteiger partial charge in [0.2, 0.25) is 0 Å². The quantitative estimate of drug-likeness (QED) is 0.625. The third-order valence-electron chi connectivity index (χ3n) is 3.64. The van der Waals surface area contributed by atoms with Crippen LogP contribution in [0.15, 0.2) is 16.9 Å². The Balaban J connectivity index is 2.25. The minimum Gasteiger partial charge on any atom is -0.493 e. The van der Waals surface area contributed by atoms with Gasteiger partial charge in [-0.1, -0.05) is 0 Å². The summed E-state index contributed by atoms with van der Waals surface area (Å²) < 4.78 is 10.5. The average Bonchev–Trinajstić information content (AvgIpc) is 2.52. The number of nitrogens with zero attached hydrogens (tertiary/aromatic N) is 1. The molecule has 1 aromatic carbocycles. The van der Waals surface area contributed by atoms with Crippen LogP contribution >= 0.6 is 0 Å². The molecule has 0 fully saturated rings. The van der Waals surface area contributed by atoms with E-state index in [1.165, 1.54) is 14.2 Å². The summed E-state index contributed by atoms with van der Waals surface area (Å²) in [5.74, 6) is 1.46. The summed E-state index contributed by atoms with van der Waals surface area (Å²) in [5.41, 5.74) is 0.274. The molecule has 0 aliphatic rings. The van der Waals surface area contributed by atoms with Gasteiger partial charge in [0.1, 0.15) is 6.54 Å². The first-order valence-electron chi connectivity index (χ1n) is 8.09. The maximum Gasteiger partial charge on any atom is 0.275 e. The number of aromatic amines is 1. The topological polar surface area (TPSA) is 97.8 Å². The summed E-state index contributed by atoms with van der Waals surface area (Å²) in [6.45, 7) is 4.55. The van der Waals surface area contributed by atoms with E-state index >= 15 is 0 Å². The molecule has 136 valence electrons. The lowest BCUT2D eigenvalue weighted by Crippen LogP contribution is -3.09. The number of benzene rings is 1. The molecule has 8 heteroatoms. The lowest BCUT2D eigenvalue weighted by atomic mass is 10.2. The molecule has 2 rings (SSSR count). The molecule has 1 heterocycles. The van der Waals surface area contributed by atoms with Gasteiger partial charge in [0.05, 0.1) is 32.2 Å². The molecular formula is C17H25N4O4+. The molecule has 0 aliphatic carbocycles. The number of nitrogens with one attached hydrogen (secondary N) is 3. The number of ether oxygens (including phenoxy) is 2. The fourth-order valence-electron chi connectivity index (χ4n) is 2.59. The number of aromatic nitrogens is 2. The fourth-order valence-corrected chi connectivity index (χ4v) is 2.59. The van der Waals surface area contributed by atoms with Crippen molar-refractivity contribution in [2.45, 2.75) is 26.4 Å². The van der Waals surface area contributed by atoms with Crippen molar-refractivity contribution in [2.75, 3.05) is 27.8 Å². The molecule has 25 heavy (non-hydrogen) atoms. The molecule has 1 aromatic heterocycles. The van der Waals surface area contributed by atoms with Crippen LogP contribution in [0.1, 0.15) is 19.7 Å². The normalized spacial score (nSPS) is 12.2. The van der Waals surface area contributed by atoms with E-state index in [0.717, 1.165) is 4.90 Å². The first-order valence-corrected chi connectivity index (χ1v) is 8.09. The molecule has 3 N–H and O–H groups in total. The SMILES string of the molecule is COc1cc2nc(C[NH+](C)CC(=O)NC(C)C)[nH]c(=O)c2cc1OC. The van der Waals surface area contributed by atoms with Crippen molar-refractivity contribution in [3.63, 3.8) is 0 Å². The monoisotopic (exact) mass is 349 g/mol. The van der Waals surface area contributed by atoms with Gasteiger partial charge in [-0.05, 0) is 19.9 Å². The summed E-state index contributed by atoms with van der Waals surface area (Å²) in [4.78, 5) is 32.3. The van der Waals surface area contributed by atoms with Gasteiger partial charge >= 0.3 is 0 Å². The highest BCUT2D eigenvalue weighted by Gasteiger charge is 2.15. The Kier molecular flexibility index (Phi) is 5.97. The second-order valence-corrected chi connectivity index (χ2v) is 6.27. The highest BCUT2D eigenvalue weighted by atomic mass is 16.5. The molecule has 0 bridgehead atoms. The Bertz CT molecular complexity index is 816. The number of likely N-dealkylation sites (N-methyl/N-ethyl adjacent to an activating group) is 1. The van der Waals surface area contributed by atoms with E-state index in [9.17, 15) is 9.59 Å². The zero-order chi connectivity index (χ0) is 18.6. The predicted octanol–water partition coefficient (Wildman–Crippen LogP) is -0.520. The van der Waals surface area contributed by atoms with Crippen molar-refractivity contribution in [2.24, 2.45) is 0 Å². The number of H-pyrrole nitrogens is 1. The zero-order valence-corrected chi connectivity index (χ0v) is 15.2. The maximum absolute atomic E-state index is 12.3. The molecule has 2 aromatic rings. The van der Waals surface area contributed by atoms with Crippen LogP contribution < -0.4 is 25.2 Å². The van der Waals surface area contributed by atoms with Crippen LogP contribution in [-0.4, -0.2) is 49.7 Å². The Morgan fingerprint density at radius 1 is 1.28 bits per heavy atom. The number of hydrogen-bond donors (Lipinski definition) is 3. The second kappa shape index (κ2) is 7.98. The fraction of sp³-hybridized carbons (Fsp3) is 0.471. The summed E-state index contributed by atoms with van der Waals surface area (Å²) >= 11 is 0. The number of carbonyl (C=O) groups is 1. The molecule has 0 saturated carbocycles. The van der Waals surface area contributed by atoms with E-state index < -0.39 is 0 Å². The Morgan fingerprint density at radius 2 is 1.92 bits per heavy atom. The van der Waals surface area contributed by atoms with Crippen molar-refractivity contribution in [1.82, 2.24) is 15.3 Å². The third-order valence-corrected chi connectivity index (χ3v) is 3.64. The van der Waals surface area contributed by atoms with Gasteiger partial charge in [-0.15, -0.1) is 0 Å². The minimum absolute atomic E-state index is 0.0398. The largest absolute Gasteiger partial charge is 0.493 e. The van der Waals surface area contributed by atoms with Crippen molar-refractivity contribution >= 4 is 16.8 Å². The first-order chi connectivity index (χ1) is 11.8. The zero-order valence-electron chi connectivity index (χ0n) is 15.2. The summed E-state index contributed by atoms with van der Waals surface area (Å²) in [6, 6.07) is 3.38. The number of amides is 1. The van der Waals surface area contributed by atoms with Crippen LogP contribution in [0, 0.1) is 0 Å². The Labute approximate surface area is 146 Å². The van der Waals surface area contributed by atoms with Crippen molar-refractivity contribution in [3.05, 3.63) is 28.3 Å². The number of rotatable bonds is 7. The lowest BCUT2D eigenvalue weighted by Gasteiger charge is -2.15. The highest BCUT2D eigenvalue weighted by Crippen LogP contribution is 2.29. The van der Waals surface area contributed by atoms with E-state index in [4.69, 9.17) is 9.47 Å². The number of methoxy groups -OCH3 is 2. The average molecular weight is 349 g/mol. The number of carbonyl (C=O) groups excluding carboxylic acids is 1. The van der Waals surface area contributed by atoms with E-state index in [0.29, 0.717) is 41.3 Å². The maximum atomic E-state index is 12.3. The number of fused-ring (bicyclic) bond motifs is 1. The molecule has 0 saturated heterocycles. The summed E-state index contributed by atoms with van der Waals surface area (Å²) in [6.07, 6.45) is 0. The van der Waals surface area contributed by atoms with Crippen molar-refractivity contribution in [3.8, 4) is 11.5 Å². The van der Waals surface area contributed by atoms with Crippen LogP contribution in [0.3, 0.4) is 0 Å². The predicted molar refractivity (Wildman–Crippen MR) is 94.2 cm³/mol. The number of quaternary nitrogens is 1. The van der Waals surface area contributed by atoms with Gasteiger partial charge in [-0.3, -0.25) is 9.59 Å². The lowest BCUT2D eigenvalue weighted by molar-refractivity contribution is -0.886. The van der Waals surface area contributed by atoms with E-state index in [1.807, 2.05) is 20.9 Å². The highest BCUT2D eigenvalue weighted by molar-refractivity contribution is 5.81. The third kappa shape index (κ3) is 4.69. The first kappa shape index (κ1) is 18.7. The molecular weight excluding hydrogens is 324 g/mol. The molecule has 0 aliphatic heterocycles. The van der Waals surface area contributed by atoms with E-state index in [2.05, 4.69) is 15.3 Å².